The van der Waals surface area contributed by atoms with Crippen LogP contribution in [0.3, 0.4) is 0 Å². The maximum atomic E-state index is 15.3. The maximum absolute atomic E-state index is 15.3. The largest absolute Gasteiger partial charge is 0.483 e. The van der Waals surface area contributed by atoms with Gasteiger partial charge in [0.05, 0.1) is 5.69 Å². The van der Waals surface area contributed by atoms with E-state index in [1.54, 1.807) is 17.9 Å². The van der Waals surface area contributed by atoms with Gasteiger partial charge < -0.3 is 24.2 Å². The third kappa shape index (κ3) is 4.43. The number of rotatable bonds is 2. The predicted molar refractivity (Wildman–Crippen MR) is 135 cm³/mol. The molecule has 0 aromatic heterocycles. The second-order valence-corrected chi connectivity index (χ2v) is 10.1. The molecule has 1 saturated heterocycles. The molecule has 3 heterocycles. The van der Waals surface area contributed by atoms with Crippen LogP contribution in [0.25, 0.3) is 11.1 Å². The first kappa shape index (κ1) is 23.9. The lowest BCUT2D eigenvalue weighted by Gasteiger charge is -2.38. The van der Waals surface area contributed by atoms with E-state index in [0.717, 1.165) is 11.4 Å². The molecule has 2 amide bonds. The lowest BCUT2D eigenvalue weighted by molar-refractivity contribution is -0.122. The van der Waals surface area contributed by atoms with Crippen LogP contribution in [-0.2, 0) is 9.53 Å². The van der Waals surface area contributed by atoms with Gasteiger partial charge in [-0.25, -0.2) is 14.6 Å². The van der Waals surface area contributed by atoms with Crippen LogP contribution in [-0.4, -0.2) is 67.2 Å². The topological polar surface area (TPSA) is 86.7 Å². The highest BCUT2D eigenvalue weighted by Crippen LogP contribution is 2.41. The molecule has 0 bridgehead atoms. The Morgan fingerprint density at radius 3 is 2.61 bits per heavy atom. The highest BCUT2D eigenvalue weighted by molar-refractivity contribution is 6.09. The lowest BCUT2D eigenvalue weighted by atomic mass is 9.99. The summed E-state index contributed by atoms with van der Waals surface area (Å²) in [6.45, 7) is 9.61. The van der Waals surface area contributed by atoms with Gasteiger partial charge >= 0.3 is 6.09 Å². The van der Waals surface area contributed by atoms with Crippen LogP contribution in [0.5, 0.6) is 5.75 Å². The van der Waals surface area contributed by atoms with E-state index in [1.807, 2.05) is 49.9 Å². The van der Waals surface area contributed by atoms with Gasteiger partial charge in [-0.2, -0.15) is 5.10 Å². The van der Waals surface area contributed by atoms with Crippen molar-refractivity contribution in [3.05, 3.63) is 42.2 Å². The number of hydrogen-bond donors (Lipinski definition) is 1. The summed E-state index contributed by atoms with van der Waals surface area (Å²) in [6.07, 6.45) is -0.336. The van der Waals surface area contributed by atoms with Crippen LogP contribution >= 0.6 is 0 Å². The van der Waals surface area contributed by atoms with E-state index in [0.29, 0.717) is 48.9 Å². The highest BCUT2D eigenvalue weighted by atomic mass is 19.1. The number of amides is 2. The van der Waals surface area contributed by atoms with Crippen LogP contribution in [0.2, 0.25) is 0 Å². The van der Waals surface area contributed by atoms with E-state index in [-0.39, 0.29) is 24.4 Å². The summed E-state index contributed by atoms with van der Waals surface area (Å²) in [7, 11) is 0. The van der Waals surface area contributed by atoms with Crippen molar-refractivity contribution < 1.29 is 23.5 Å². The fourth-order valence-electron chi connectivity index (χ4n) is 4.70. The number of carbonyl (C=O) groups excluding carboxylic acids is 2. The van der Waals surface area contributed by atoms with Crippen molar-refractivity contribution in [2.45, 2.75) is 39.3 Å². The molecule has 0 aliphatic carbocycles. The average Bonchev–Trinajstić information content (AvgIpc) is 2.84. The van der Waals surface area contributed by atoms with Crippen LogP contribution in [0.4, 0.5) is 20.6 Å². The van der Waals surface area contributed by atoms with Gasteiger partial charge in [0.1, 0.15) is 29.8 Å². The molecule has 0 spiro atoms. The molecular weight excluding hydrogens is 465 g/mol. The molecule has 2 aromatic carbocycles. The fraction of sp³-hybridized carbons (Fsp3) is 0.423. The summed E-state index contributed by atoms with van der Waals surface area (Å²) >= 11 is 0. The summed E-state index contributed by atoms with van der Waals surface area (Å²) in [4.78, 5) is 30.2. The van der Waals surface area contributed by atoms with E-state index in [2.05, 4.69) is 15.4 Å². The number of halogens is 1. The molecule has 9 nitrogen and oxygen atoms in total. The Labute approximate surface area is 209 Å². The molecule has 190 valence electrons. The van der Waals surface area contributed by atoms with E-state index < -0.39 is 11.6 Å². The second-order valence-electron chi connectivity index (χ2n) is 10.1. The van der Waals surface area contributed by atoms with Crippen molar-refractivity contribution in [3.8, 4) is 16.9 Å². The van der Waals surface area contributed by atoms with Crippen molar-refractivity contribution in [2.75, 3.05) is 42.6 Å². The molecule has 0 unspecified atom stereocenters. The van der Waals surface area contributed by atoms with Gasteiger partial charge in [0.15, 0.2) is 5.84 Å². The van der Waals surface area contributed by atoms with Gasteiger partial charge in [0, 0.05) is 37.4 Å². The number of nitrogens with zero attached hydrogens (tertiary/aromatic N) is 4. The first-order valence-electron chi connectivity index (χ1n) is 12.1. The van der Waals surface area contributed by atoms with Crippen molar-refractivity contribution in [1.82, 2.24) is 10.3 Å². The summed E-state index contributed by atoms with van der Waals surface area (Å²) < 4.78 is 26.7. The molecule has 10 heteroatoms. The van der Waals surface area contributed by atoms with E-state index >= 15 is 4.39 Å². The third-order valence-corrected chi connectivity index (χ3v) is 6.47. The Balaban J connectivity index is 1.41. The first-order valence-corrected chi connectivity index (χ1v) is 12.1. The SMILES string of the molecule is C[C@@H]1C(=O)NN=C2COc3cc(-c4c(F)cccc4N4CCN(C(=O)OC(C)(C)C)CC4)ccc3N21. The Kier molecular flexibility index (Phi) is 5.97. The third-order valence-electron chi connectivity index (χ3n) is 6.47. The number of nitrogens with one attached hydrogen (secondary N) is 1. The van der Waals surface area contributed by atoms with Crippen molar-refractivity contribution in [3.63, 3.8) is 0 Å². The van der Waals surface area contributed by atoms with Gasteiger partial charge in [-0.1, -0.05) is 12.1 Å². The van der Waals surface area contributed by atoms with Crippen molar-refractivity contribution >= 4 is 29.2 Å². The number of ether oxygens (including phenoxy) is 2. The number of hydrazone groups is 1. The minimum Gasteiger partial charge on any atom is -0.483 e. The van der Waals surface area contributed by atoms with Crippen LogP contribution in [0.1, 0.15) is 27.7 Å². The Bertz CT molecular complexity index is 1230. The molecule has 1 N–H and O–H groups in total. The zero-order valence-corrected chi connectivity index (χ0v) is 20.9. The van der Waals surface area contributed by atoms with E-state index in [4.69, 9.17) is 9.47 Å². The van der Waals surface area contributed by atoms with Crippen molar-refractivity contribution in [2.24, 2.45) is 5.10 Å². The maximum Gasteiger partial charge on any atom is 0.410 e. The average molecular weight is 496 g/mol. The zero-order valence-electron chi connectivity index (χ0n) is 20.9. The minimum absolute atomic E-state index is 0.197. The van der Waals surface area contributed by atoms with Gasteiger partial charge in [-0.3, -0.25) is 4.79 Å². The molecule has 3 aliphatic heterocycles. The molecule has 0 saturated carbocycles. The number of anilines is 2. The molecule has 5 rings (SSSR count). The van der Waals surface area contributed by atoms with E-state index in [9.17, 15) is 9.59 Å². The Hall–Kier alpha value is -3.82. The molecule has 1 fully saturated rings. The van der Waals surface area contributed by atoms with Crippen LogP contribution in [0.15, 0.2) is 41.5 Å². The van der Waals surface area contributed by atoms with Crippen molar-refractivity contribution in [1.29, 1.82) is 0 Å². The second kappa shape index (κ2) is 9.00. The number of amidine groups is 1. The number of hydrogen-bond acceptors (Lipinski definition) is 7. The highest BCUT2D eigenvalue weighted by Gasteiger charge is 2.35. The molecule has 0 radical (unpaired) electrons. The standard InChI is InChI=1S/C26H30FN5O4/c1-16-24(33)29-28-22-15-35-21-14-17(8-9-19(21)32(16)22)23-18(27)6-5-7-20(23)30-10-12-31(13-11-30)25(34)36-26(2,3)4/h5-9,14,16H,10-13,15H2,1-4H3,(H,29,33)/t16-/m1/s1. The quantitative estimate of drug-likeness (QED) is 0.686. The fourth-order valence-corrected chi connectivity index (χ4v) is 4.70. The first-order chi connectivity index (χ1) is 17.1. The Morgan fingerprint density at radius 1 is 1.14 bits per heavy atom. The van der Waals surface area contributed by atoms with Gasteiger partial charge in [0.2, 0.25) is 0 Å². The number of benzene rings is 2. The minimum atomic E-state index is -0.555. The molecule has 36 heavy (non-hydrogen) atoms. The summed E-state index contributed by atoms with van der Waals surface area (Å²) in [6, 6.07) is 10.1. The summed E-state index contributed by atoms with van der Waals surface area (Å²) in [5, 5.41) is 4.10. The smallest absolute Gasteiger partial charge is 0.410 e. The van der Waals surface area contributed by atoms with Gasteiger partial charge in [0.25, 0.3) is 5.91 Å². The number of piperazine rings is 1. The van der Waals surface area contributed by atoms with Gasteiger partial charge in [-0.05, 0) is 57.5 Å². The van der Waals surface area contributed by atoms with Crippen LogP contribution in [0, 0.1) is 5.82 Å². The normalized spacial score (nSPS) is 19.6. The lowest BCUT2D eigenvalue weighted by Crippen LogP contribution is -2.55. The van der Waals surface area contributed by atoms with Gasteiger partial charge in [-0.15, -0.1) is 0 Å². The zero-order chi connectivity index (χ0) is 25.6. The molecule has 3 aliphatic rings. The molecule has 1 atom stereocenters. The predicted octanol–water partition coefficient (Wildman–Crippen LogP) is 3.58. The number of fused-ring (bicyclic) bond motifs is 3. The molecular formula is C26H30FN5O4. The molecule has 2 aromatic rings. The Morgan fingerprint density at radius 2 is 1.89 bits per heavy atom. The monoisotopic (exact) mass is 495 g/mol. The van der Waals surface area contributed by atoms with Crippen LogP contribution < -0.4 is 20.0 Å². The number of carbonyl (C=O) groups is 2. The summed E-state index contributed by atoms with van der Waals surface area (Å²) in [5.74, 6) is 0.650. The van der Waals surface area contributed by atoms with E-state index in [1.165, 1.54) is 6.07 Å². The summed E-state index contributed by atoms with van der Waals surface area (Å²) in [5.41, 5.74) is 4.57.